The number of nitrogens with zero attached hydrogens (tertiary/aromatic N) is 5. The van der Waals surface area contributed by atoms with Crippen LogP contribution in [0.15, 0.2) is 33.2 Å². The van der Waals surface area contributed by atoms with Gasteiger partial charge in [0.1, 0.15) is 12.2 Å². The maximum absolute atomic E-state index is 13.0. The third-order valence-corrected chi connectivity index (χ3v) is 4.93. The number of benzene rings is 1. The van der Waals surface area contributed by atoms with Gasteiger partial charge in [0.05, 0.1) is 11.8 Å². The fourth-order valence-electron chi connectivity index (χ4n) is 2.98. The predicted octanol–water partition coefficient (Wildman–Crippen LogP) is 3.12. The Hall–Kier alpha value is -2.42. The van der Waals surface area contributed by atoms with Crippen LogP contribution >= 0.6 is 11.9 Å². The second-order valence-corrected chi connectivity index (χ2v) is 6.71. The molecule has 130 valence electrons. The molecule has 0 saturated carbocycles. The molecule has 4 rings (SSSR count). The third kappa shape index (κ3) is 3.37. The first-order valence-corrected chi connectivity index (χ1v) is 8.95. The summed E-state index contributed by atoms with van der Waals surface area (Å²) in [5, 5.41) is 3.99. The minimum atomic E-state index is -0.308. The van der Waals surface area contributed by atoms with E-state index >= 15 is 0 Å². The first-order chi connectivity index (χ1) is 12.2. The van der Waals surface area contributed by atoms with Gasteiger partial charge in [-0.15, -0.1) is 0 Å². The number of hydrogen-bond acceptors (Lipinski definition) is 6. The summed E-state index contributed by atoms with van der Waals surface area (Å²) in [5.74, 6) is 1.20. The molecule has 7 nitrogen and oxygen atoms in total. The van der Waals surface area contributed by atoms with Crippen LogP contribution in [-0.4, -0.2) is 51.3 Å². The lowest BCUT2D eigenvalue weighted by atomic mass is 9.98. The monoisotopic (exact) mass is 361 g/mol. The van der Waals surface area contributed by atoms with Crippen LogP contribution in [0.5, 0.6) is 0 Å². The lowest BCUT2D eigenvalue weighted by Gasteiger charge is -2.32. The summed E-state index contributed by atoms with van der Waals surface area (Å²) >= 11 is 1.35. The van der Waals surface area contributed by atoms with Gasteiger partial charge in [-0.2, -0.15) is 4.98 Å². The Kier molecular flexibility index (Phi) is 4.39. The van der Waals surface area contributed by atoms with E-state index in [0.29, 0.717) is 36.2 Å². The van der Waals surface area contributed by atoms with E-state index in [4.69, 9.17) is 4.52 Å². The predicted molar refractivity (Wildman–Crippen MR) is 91.4 cm³/mol. The average molecular weight is 361 g/mol. The van der Waals surface area contributed by atoms with Gasteiger partial charge in [-0.3, -0.25) is 4.90 Å². The standard InChI is InChI=1S/C16H16FN5O2S/c17-13-5-3-11(4-6-13)14-19-15(24-20-14)12-2-1-7-21(8-12)16(23)22-9-18-25-10-22/h3-6,9,12H,1-2,7-8,10H2/t12-/m0/s1. The second kappa shape index (κ2) is 6.83. The van der Waals surface area contributed by atoms with E-state index in [1.165, 1.54) is 24.1 Å². The Morgan fingerprint density at radius 1 is 1.32 bits per heavy atom. The highest BCUT2D eigenvalue weighted by atomic mass is 32.2. The summed E-state index contributed by atoms with van der Waals surface area (Å²) in [6.07, 6.45) is 3.33. The molecule has 1 fully saturated rings. The first-order valence-electron chi connectivity index (χ1n) is 8.01. The number of hydrogen-bond donors (Lipinski definition) is 0. The van der Waals surface area contributed by atoms with Crippen molar-refractivity contribution in [1.82, 2.24) is 19.9 Å². The van der Waals surface area contributed by atoms with E-state index in [9.17, 15) is 9.18 Å². The van der Waals surface area contributed by atoms with Crippen LogP contribution in [0, 0.1) is 5.82 Å². The maximum atomic E-state index is 13.0. The molecule has 1 aromatic carbocycles. The van der Waals surface area contributed by atoms with Gasteiger partial charge in [0, 0.05) is 18.7 Å². The quantitative estimate of drug-likeness (QED) is 0.768. The van der Waals surface area contributed by atoms with Crippen molar-refractivity contribution in [3.63, 3.8) is 0 Å². The number of amides is 2. The number of halogens is 1. The molecule has 2 aromatic rings. The Labute approximate surface area is 148 Å². The van der Waals surface area contributed by atoms with Crippen LogP contribution in [0.1, 0.15) is 24.7 Å². The van der Waals surface area contributed by atoms with Crippen LogP contribution < -0.4 is 0 Å². The fourth-order valence-corrected chi connectivity index (χ4v) is 3.52. The summed E-state index contributed by atoms with van der Waals surface area (Å²) in [6, 6.07) is 5.91. The van der Waals surface area contributed by atoms with Gasteiger partial charge in [-0.1, -0.05) is 5.16 Å². The topological polar surface area (TPSA) is 74.8 Å². The molecule has 9 heteroatoms. The van der Waals surface area contributed by atoms with Crippen molar-refractivity contribution in [3.05, 3.63) is 36.0 Å². The molecular formula is C16H16FN5O2S. The number of urea groups is 1. The van der Waals surface area contributed by atoms with Crippen molar-refractivity contribution in [1.29, 1.82) is 0 Å². The van der Waals surface area contributed by atoms with Crippen molar-refractivity contribution in [2.75, 3.05) is 19.0 Å². The molecule has 0 N–H and O–H groups in total. The van der Waals surface area contributed by atoms with E-state index in [1.807, 2.05) is 0 Å². The lowest BCUT2D eigenvalue weighted by Crippen LogP contribution is -2.45. The number of rotatable bonds is 2. The highest BCUT2D eigenvalue weighted by Gasteiger charge is 2.31. The molecular weight excluding hydrogens is 345 g/mol. The van der Waals surface area contributed by atoms with Crippen LogP contribution in [0.25, 0.3) is 11.4 Å². The second-order valence-electron chi connectivity index (χ2n) is 5.98. The molecule has 1 atom stereocenters. The van der Waals surface area contributed by atoms with Crippen LogP contribution in [0.3, 0.4) is 0 Å². The Balaban J connectivity index is 1.47. The largest absolute Gasteiger partial charge is 0.339 e. The molecule has 0 spiro atoms. The summed E-state index contributed by atoms with van der Waals surface area (Å²) < 4.78 is 22.4. The lowest BCUT2D eigenvalue weighted by molar-refractivity contribution is 0.157. The maximum Gasteiger partial charge on any atom is 0.326 e. The van der Waals surface area contributed by atoms with Gasteiger partial charge in [-0.25, -0.2) is 13.6 Å². The zero-order chi connectivity index (χ0) is 17.2. The van der Waals surface area contributed by atoms with Gasteiger partial charge < -0.3 is 9.42 Å². The summed E-state index contributed by atoms with van der Waals surface area (Å²) in [7, 11) is 0. The molecule has 0 radical (unpaired) electrons. The van der Waals surface area contributed by atoms with E-state index in [2.05, 4.69) is 14.5 Å². The highest BCUT2D eigenvalue weighted by Crippen LogP contribution is 2.28. The average Bonchev–Trinajstić information content (AvgIpc) is 3.34. The molecule has 2 aliphatic heterocycles. The zero-order valence-electron chi connectivity index (χ0n) is 13.3. The van der Waals surface area contributed by atoms with Crippen LogP contribution in [0.4, 0.5) is 9.18 Å². The first kappa shape index (κ1) is 16.1. The molecule has 2 aliphatic rings. The minimum Gasteiger partial charge on any atom is -0.339 e. The molecule has 25 heavy (non-hydrogen) atoms. The molecule has 2 amide bonds. The van der Waals surface area contributed by atoms with Crippen LogP contribution in [-0.2, 0) is 0 Å². The molecule has 1 saturated heterocycles. The summed E-state index contributed by atoms with van der Waals surface area (Å²) in [4.78, 5) is 20.3. The van der Waals surface area contributed by atoms with Crippen molar-refractivity contribution in [3.8, 4) is 11.4 Å². The third-order valence-electron chi connectivity index (χ3n) is 4.29. The van der Waals surface area contributed by atoms with Crippen molar-refractivity contribution < 1.29 is 13.7 Å². The van der Waals surface area contributed by atoms with Gasteiger partial charge in [0.2, 0.25) is 11.7 Å². The molecule has 3 heterocycles. The van der Waals surface area contributed by atoms with Gasteiger partial charge in [0.15, 0.2) is 0 Å². The molecule has 0 bridgehead atoms. The number of aromatic nitrogens is 2. The number of carbonyl (C=O) groups is 1. The molecule has 0 aliphatic carbocycles. The van der Waals surface area contributed by atoms with Crippen molar-refractivity contribution in [2.45, 2.75) is 18.8 Å². The van der Waals surface area contributed by atoms with E-state index in [1.54, 1.807) is 28.3 Å². The van der Waals surface area contributed by atoms with Gasteiger partial charge >= 0.3 is 6.03 Å². The fraction of sp³-hybridized carbons (Fsp3) is 0.375. The van der Waals surface area contributed by atoms with Crippen molar-refractivity contribution in [2.24, 2.45) is 4.40 Å². The van der Waals surface area contributed by atoms with E-state index in [0.717, 1.165) is 12.8 Å². The number of carbonyl (C=O) groups excluding carboxylic acids is 1. The summed E-state index contributed by atoms with van der Waals surface area (Å²) in [6.45, 7) is 1.25. The minimum absolute atomic E-state index is 0.00610. The van der Waals surface area contributed by atoms with Crippen LogP contribution in [0.2, 0.25) is 0 Å². The van der Waals surface area contributed by atoms with Gasteiger partial charge in [-0.05, 0) is 49.1 Å². The number of likely N-dealkylation sites (tertiary alicyclic amines) is 1. The number of piperidine rings is 1. The van der Waals surface area contributed by atoms with E-state index < -0.39 is 0 Å². The molecule has 0 unspecified atom stereocenters. The summed E-state index contributed by atoms with van der Waals surface area (Å²) in [5.41, 5.74) is 0.699. The Bertz CT molecular complexity index is 794. The van der Waals surface area contributed by atoms with Crippen molar-refractivity contribution >= 4 is 24.3 Å². The SMILES string of the molecule is O=C(N1C=NSC1)N1CCC[C@H](c2nc(-c3ccc(F)cc3)no2)C1. The zero-order valence-corrected chi connectivity index (χ0v) is 14.2. The Morgan fingerprint density at radius 3 is 2.92 bits per heavy atom. The molecule has 1 aromatic heterocycles. The van der Waals surface area contributed by atoms with E-state index in [-0.39, 0.29) is 17.8 Å². The highest BCUT2D eigenvalue weighted by molar-refractivity contribution is 7.98. The normalized spacial score (nSPS) is 20.3. The van der Waals surface area contributed by atoms with Gasteiger partial charge in [0.25, 0.3) is 0 Å². The Morgan fingerprint density at radius 2 is 2.16 bits per heavy atom. The smallest absolute Gasteiger partial charge is 0.326 e.